The van der Waals surface area contributed by atoms with Gasteiger partial charge in [0.2, 0.25) is 0 Å². The number of benzene rings is 1. The van der Waals surface area contributed by atoms with Gasteiger partial charge in [-0.05, 0) is 37.5 Å². The Bertz CT molecular complexity index is 434. The van der Waals surface area contributed by atoms with Crippen LogP contribution in [-0.2, 0) is 0 Å². The van der Waals surface area contributed by atoms with E-state index in [0.29, 0.717) is 11.6 Å². The maximum atomic E-state index is 11.1. The molecule has 3 nitrogen and oxygen atoms in total. The molecule has 1 aliphatic rings. The molecule has 2 N–H and O–H groups in total. The zero-order valence-electron chi connectivity index (χ0n) is 11.6. The van der Waals surface area contributed by atoms with Crippen molar-refractivity contribution in [2.75, 3.05) is 5.32 Å². The van der Waals surface area contributed by atoms with Crippen LogP contribution in [0.25, 0.3) is 0 Å². The highest BCUT2D eigenvalue weighted by atomic mass is 16.4. The molecule has 3 heteroatoms. The van der Waals surface area contributed by atoms with Crippen LogP contribution in [0.2, 0.25) is 0 Å². The summed E-state index contributed by atoms with van der Waals surface area (Å²) in [7, 11) is 0. The Hall–Kier alpha value is -1.51. The lowest BCUT2D eigenvalue weighted by atomic mass is 9.96. The summed E-state index contributed by atoms with van der Waals surface area (Å²) in [6.45, 7) is 1.88. The van der Waals surface area contributed by atoms with Crippen LogP contribution in [0.5, 0.6) is 0 Å². The second-order valence-corrected chi connectivity index (χ2v) is 5.47. The molecule has 2 rings (SSSR count). The summed E-state index contributed by atoms with van der Waals surface area (Å²) < 4.78 is 0. The number of carboxylic acids is 1. The molecule has 0 heterocycles. The minimum absolute atomic E-state index is 0.399. The number of aromatic carboxylic acids is 1. The van der Waals surface area contributed by atoms with E-state index in [1.54, 1.807) is 6.07 Å². The molecule has 0 bridgehead atoms. The number of hydrogen-bond acceptors (Lipinski definition) is 2. The van der Waals surface area contributed by atoms with Crippen molar-refractivity contribution in [1.82, 2.24) is 0 Å². The van der Waals surface area contributed by atoms with E-state index in [1.807, 2.05) is 19.1 Å². The van der Waals surface area contributed by atoms with E-state index in [2.05, 4.69) is 5.32 Å². The number of nitrogens with one attached hydrogen (secondary N) is 1. The van der Waals surface area contributed by atoms with Gasteiger partial charge in [-0.3, -0.25) is 0 Å². The van der Waals surface area contributed by atoms with Crippen LogP contribution in [0.15, 0.2) is 18.2 Å². The van der Waals surface area contributed by atoms with Crippen LogP contribution < -0.4 is 5.32 Å². The number of carboxylic acid groups (broad SMARTS) is 1. The van der Waals surface area contributed by atoms with E-state index in [-0.39, 0.29) is 0 Å². The minimum atomic E-state index is -0.848. The van der Waals surface area contributed by atoms with Crippen LogP contribution >= 0.6 is 0 Å². The summed E-state index contributed by atoms with van der Waals surface area (Å²) in [5, 5.41) is 12.7. The van der Waals surface area contributed by atoms with Crippen LogP contribution in [0.3, 0.4) is 0 Å². The number of carbonyl (C=O) groups is 1. The van der Waals surface area contributed by atoms with Gasteiger partial charge in [-0.2, -0.15) is 0 Å². The molecule has 0 aromatic heterocycles. The lowest BCUT2D eigenvalue weighted by Gasteiger charge is -2.23. The van der Waals surface area contributed by atoms with Crippen molar-refractivity contribution in [3.63, 3.8) is 0 Å². The second-order valence-electron chi connectivity index (χ2n) is 5.47. The third kappa shape index (κ3) is 3.72. The Morgan fingerprint density at radius 1 is 1.16 bits per heavy atom. The molecule has 1 saturated carbocycles. The average Bonchev–Trinajstić information content (AvgIpc) is 2.34. The third-order valence-corrected chi connectivity index (χ3v) is 4.03. The van der Waals surface area contributed by atoms with Gasteiger partial charge in [0.25, 0.3) is 0 Å². The molecule has 19 heavy (non-hydrogen) atoms. The fourth-order valence-electron chi connectivity index (χ4n) is 2.84. The van der Waals surface area contributed by atoms with Gasteiger partial charge in [-0.1, -0.05) is 38.2 Å². The van der Waals surface area contributed by atoms with Crippen molar-refractivity contribution in [3.8, 4) is 0 Å². The normalized spacial score (nSPS) is 17.5. The lowest BCUT2D eigenvalue weighted by Crippen LogP contribution is -2.21. The molecule has 0 radical (unpaired) electrons. The molecule has 0 spiro atoms. The van der Waals surface area contributed by atoms with Crippen LogP contribution in [-0.4, -0.2) is 17.1 Å². The Labute approximate surface area is 115 Å². The van der Waals surface area contributed by atoms with Gasteiger partial charge in [0.1, 0.15) is 0 Å². The van der Waals surface area contributed by atoms with Gasteiger partial charge in [0.05, 0.1) is 5.56 Å². The molecule has 1 aromatic rings. The maximum absolute atomic E-state index is 11.1. The summed E-state index contributed by atoms with van der Waals surface area (Å²) in [6, 6.07) is 5.96. The molecule has 0 saturated heterocycles. The number of rotatable bonds is 3. The molecular weight excluding hydrogens is 238 g/mol. The van der Waals surface area contributed by atoms with Crippen molar-refractivity contribution < 1.29 is 9.90 Å². The van der Waals surface area contributed by atoms with E-state index >= 15 is 0 Å². The molecule has 0 aliphatic heterocycles. The molecule has 0 amide bonds. The van der Waals surface area contributed by atoms with Crippen LogP contribution in [0.1, 0.15) is 60.9 Å². The van der Waals surface area contributed by atoms with Gasteiger partial charge < -0.3 is 10.4 Å². The molecular formula is C16H23NO2. The lowest BCUT2D eigenvalue weighted by molar-refractivity contribution is 0.0696. The smallest absolute Gasteiger partial charge is 0.336 e. The van der Waals surface area contributed by atoms with E-state index < -0.39 is 5.97 Å². The quantitative estimate of drug-likeness (QED) is 0.856. The molecule has 0 unspecified atom stereocenters. The SMILES string of the molecule is Cc1c(NC2CCCCCCC2)cccc1C(=O)O. The fourth-order valence-corrected chi connectivity index (χ4v) is 2.84. The van der Waals surface area contributed by atoms with E-state index in [0.717, 1.165) is 11.3 Å². The van der Waals surface area contributed by atoms with E-state index in [4.69, 9.17) is 5.11 Å². The molecule has 1 fully saturated rings. The highest BCUT2D eigenvalue weighted by Gasteiger charge is 2.14. The first kappa shape index (κ1) is 13.9. The first-order chi connectivity index (χ1) is 9.18. The Kier molecular flexibility index (Phi) is 4.83. The summed E-state index contributed by atoms with van der Waals surface area (Å²) in [5.41, 5.74) is 2.22. The first-order valence-electron chi connectivity index (χ1n) is 7.28. The zero-order valence-corrected chi connectivity index (χ0v) is 11.6. The van der Waals surface area contributed by atoms with Crippen molar-refractivity contribution in [3.05, 3.63) is 29.3 Å². The highest BCUT2D eigenvalue weighted by molar-refractivity contribution is 5.91. The fraction of sp³-hybridized carbons (Fsp3) is 0.562. The van der Waals surface area contributed by atoms with E-state index in [9.17, 15) is 4.79 Å². The predicted molar refractivity (Wildman–Crippen MR) is 77.9 cm³/mol. The van der Waals surface area contributed by atoms with Gasteiger partial charge >= 0.3 is 5.97 Å². The van der Waals surface area contributed by atoms with Crippen LogP contribution in [0, 0.1) is 6.92 Å². The minimum Gasteiger partial charge on any atom is -0.478 e. The molecule has 1 aliphatic carbocycles. The van der Waals surface area contributed by atoms with Crippen molar-refractivity contribution >= 4 is 11.7 Å². The number of hydrogen-bond donors (Lipinski definition) is 2. The molecule has 1 aromatic carbocycles. The van der Waals surface area contributed by atoms with Crippen LogP contribution in [0.4, 0.5) is 5.69 Å². The Morgan fingerprint density at radius 2 is 1.79 bits per heavy atom. The highest BCUT2D eigenvalue weighted by Crippen LogP contribution is 2.24. The monoisotopic (exact) mass is 261 g/mol. The number of anilines is 1. The van der Waals surface area contributed by atoms with Gasteiger partial charge in [0, 0.05) is 11.7 Å². The van der Waals surface area contributed by atoms with E-state index in [1.165, 1.54) is 44.9 Å². The summed E-state index contributed by atoms with van der Waals surface area (Å²) in [6.07, 6.45) is 8.94. The first-order valence-corrected chi connectivity index (χ1v) is 7.28. The standard InChI is InChI=1S/C16H23NO2/c1-12-14(16(18)19)10-7-11-15(12)17-13-8-5-3-2-4-6-9-13/h7,10-11,13,17H,2-6,8-9H2,1H3,(H,18,19). The molecule has 104 valence electrons. The largest absolute Gasteiger partial charge is 0.478 e. The summed E-state index contributed by atoms with van der Waals surface area (Å²) in [5.74, 6) is -0.848. The third-order valence-electron chi connectivity index (χ3n) is 4.03. The average molecular weight is 261 g/mol. The van der Waals surface area contributed by atoms with Crippen molar-refractivity contribution in [2.45, 2.75) is 57.9 Å². The van der Waals surface area contributed by atoms with Crippen molar-refractivity contribution in [2.24, 2.45) is 0 Å². The topological polar surface area (TPSA) is 49.3 Å². The van der Waals surface area contributed by atoms with Crippen molar-refractivity contribution in [1.29, 1.82) is 0 Å². The van der Waals surface area contributed by atoms with Gasteiger partial charge in [-0.25, -0.2) is 4.79 Å². The zero-order chi connectivity index (χ0) is 13.7. The maximum Gasteiger partial charge on any atom is 0.336 e. The van der Waals surface area contributed by atoms with Gasteiger partial charge in [-0.15, -0.1) is 0 Å². The Morgan fingerprint density at radius 3 is 2.42 bits per heavy atom. The summed E-state index contributed by atoms with van der Waals surface area (Å²) >= 11 is 0. The molecule has 0 atom stereocenters. The van der Waals surface area contributed by atoms with Gasteiger partial charge in [0.15, 0.2) is 0 Å². The second kappa shape index (κ2) is 6.60. The summed E-state index contributed by atoms with van der Waals surface area (Å²) in [4.78, 5) is 11.1. The Balaban J connectivity index is 2.09. The predicted octanol–water partition coefficient (Wildman–Crippen LogP) is 4.22.